The minimum atomic E-state index is -0.236. The molecule has 0 radical (unpaired) electrons. The number of carbonyl (C=O) groups excluding carboxylic acids is 1. The second-order valence-electron chi connectivity index (χ2n) is 2.88. The summed E-state index contributed by atoms with van der Waals surface area (Å²) in [6, 6.07) is 4.98. The van der Waals surface area contributed by atoms with E-state index in [4.69, 9.17) is 16.1 Å². The Hall–Kier alpha value is -1.33. The summed E-state index contributed by atoms with van der Waals surface area (Å²) < 4.78 is 5.40. The first-order valence-electron chi connectivity index (χ1n) is 4.15. The summed E-state index contributed by atoms with van der Waals surface area (Å²) in [5, 5.41) is 6.25. The summed E-state index contributed by atoms with van der Waals surface area (Å²) in [6.45, 7) is 1.75. The number of hydrogen-bond acceptors (Lipinski definition) is 4. The molecule has 0 aliphatic heterocycles. The van der Waals surface area contributed by atoms with Crippen LogP contribution in [0.1, 0.15) is 15.4 Å². The highest BCUT2D eigenvalue weighted by Crippen LogP contribution is 2.22. The maximum Gasteiger partial charge on any atom is 0.267 e. The van der Waals surface area contributed by atoms with Crippen molar-refractivity contribution < 1.29 is 9.32 Å². The van der Waals surface area contributed by atoms with Crippen molar-refractivity contribution in [2.24, 2.45) is 0 Å². The third-order valence-electron chi connectivity index (χ3n) is 1.67. The molecule has 0 atom stereocenters. The quantitative estimate of drug-likeness (QED) is 0.881. The van der Waals surface area contributed by atoms with Crippen LogP contribution in [0.4, 0.5) is 5.82 Å². The lowest BCUT2D eigenvalue weighted by Crippen LogP contribution is -2.09. The lowest BCUT2D eigenvalue weighted by molar-refractivity contribution is 0.102. The van der Waals surface area contributed by atoms with Crippen molar-refractivity contribution in [1.29, 1.82) is 0 Å². The van der Waals surface area contributed by atoms with Crippen molar-refractivity contribution in [2.75, 3.05) is 5.32 Å². The molecular formula is C9H7ClN2O2S. The van der Waals surface area contributed by atoms with Crippen LogP contribution < -0.4 is 5.32 Å². The highest BCUT2D eigenvalue weighted by Gasteiger charge is 2.10. The van der Waals surface area contributed by atoms with Crippen molar-refractivity contribution >= 4 is 34.7 Å². The van der Waals surface area contributed by atoms with Gasteiger partial charge in [0.2, 0.25) is 0 Å². The van der Waals surface area contributed by atoms with Gasteiger partial charge in [-0.2, -0.15) is 0 Å². The Balaban J connectivity index is 2.10. The highest BCUT2D eigenvalue weighted by molar-refractivity contribution is 7.18. The SMILES string of the molecule is Cc1cc(NC(=O)c2ccc(Cl)s2)no1. The maximum absolute atomic E-state index is 11.6. The minimum absolute atomic E-state index is 0.236. The van der Waals surface area contributed by atoms with Gasteiger partial charge in [-0.3, -0.25) is 4.79 Å². The molecule has 0 aliphatic rings. The van der Waals surface area contributed by atoms with Gasteiger partial charge in [-0.1, -0.05) is 16.8 Å². The maximum atomic E-state index is 11.6. The fraction of sp³-hybridized carbons (Fsp3) is 0.111. The molecule has 0 bridgehead atoms. The summed E-state index contributed by atoms with van der Waals surface area (Å²) in [5.74, 6) is 0.816. The van der Waals surface area contributed by atoms with E-state index in [1.165, 1.54) is 11.3 Å². The second-order valence-corrected chi connectivity index (χ2v) is 4.60. The van der Waals surface area contributed by atoms with Gasteiger partial charge in [0.15, 0.2) is 5.82 Å². The molecule has 0 aliphatic carbocycles. The number of nitrogens with zero attached hydrogens (tertiary/aromatic N) is 1. The van der Waals surface area contributed by atoms with Crippen LogP contribution in [0.5, 0.6) is 0 Å². The topological polar surface area (TPSA) is 55.1 Å². The first-order valence-corrected chi connectivity index (χ1v) is 5.34. The van der Waals surface area contributed by atoms with Crippen molar-refractivity contribution in [2.45, 2.75) is 6.92 Å². The smallest absolute Gasteiger partial charge is 0.267 e. The van der Waals surface area contributed by atoms with E-state index >= 15 is 0 Å². The standard InChI is InChI=1S/C9H7ClN2O2S/c1-5-4-8(12-14-5)11-9(13)6-2-3-7(10)15-6/h2-4H,1H3,(H,11,12,13). The average molecular weight is 243 g/mol. The van der Waals surface area contributed by atoms with Crippen molar-refractivity contribution in [3.8, 4) is 0 Å². The number of halogens is 1. The first-order chi connectivity index (χ1) is 7.15. The van der Waals surface area contributed by atoms with E-state index in [0.717, 1.165) is 0 Å². The van der Waals surface area contributed by atoms with Gasteiger partial charge in [0.25, 0.3) is 5.91 Å². The molecule has 0 saturated heterocycles. The number of nitrogens with one attached hydrogen (secondary N) is 1. The molecule has 2 aromatic rings. The van der Waals surface area contributed by atoms with Crippen LogP contribution in [-0.4, -0.2) is 11.1 Å². The van der Waals surface area contributed by atoms with Crippen molar-refractivity contribution in [3.05, 3.63) is 33.2 Å². The molecule has 4 nitrogen and oxygen atoms in total. The third-order valence-corrected chi connectivity index (χ3v) is 2.90. The van der Waals surface area contributed by atoms with Gasteiger partial charge in [-0.15, -0.1) is 11.3 Å². The largest absolute Gasteiger partial charge is 0.360 e. The summed E-state index contributed by atoms with van der Waals surface area (Å²) in [7, 11) is 0. The zero-order chi connectivity index (χ0) is 10.8. The number of hydrogen-bond donors (Lipinski definition) is 1. The fourth-order valence-corrected chi connectivity index (χ4v) is 1.98. The Bertz CT molecular complexity index is 492. The minimum Gasteiger partial charge on any atom is -0.360 e. The molecule has 15 heavy (non-hydrogen) atoms. The van der Waals surface area contributed by atoms with Crippen molar-refractivity contribution in [1.82, 2.24) is 5.16 Å². The number of thiophene rings is 1. The summed E-state index contributed by atoms with van der Waals surface area (Å²) in [5.41, 5.74) is 0. The number of carbonyl (C=O) groups is 1. The monoisotopic (exact) mass is 242 g/mol. The van der Waals surface area contributed by atoms with Gasteiger partial charge < -0.3 is 9.84 Å². The van der Waals surface area contributed by atoms with Gasteiger partial charge in [-0.05, 0) is 19.1 Å². The average Bonchev–Trinajstić information content (AvgIpc) is 2.75. The van der Waals surface area contributed by atoms with Crippen LogP contribution in [0.2, 0.25) is 4.34 Å². The van der Waals surface area contributed by atoms with Crippen LogP contribution in [-0.2, 0) is 0 Å². The van der Waals surface area contributed by atoms with E-state index in [-0.39, 0.29) is 5.91 Å². The molecule has 2 rings (SSSR count). The zero-order valence-corrected chi connectivity index (χ0v) is 9.35. The van der Waals surface area contributed by atoms with Gasteiger partial charge in [0.1, 0.15) is 5.76 Å². The number of amides is 1. The zero-order valence-electron chi connectivity index (χ0n) is 7.78. The number of aryl methyl sites for hydroxylation is 1. The summed E-state index contributed by atoms with van der Waals surface area (Å²) in [4.78, 5) is 12.1. The molecule has 2 heterocycles. The summed E-state index contributed by atoms with van der Waals surface area (Å²) in [6.07, 6.45) is 0. The van der Waals surface area contributed by atoms with Gasteiger partial charge in [-0.25, -0.2) is 0 Å². The third kappa shape index (κ3) is 2.37. The Morgan fingerprint density at radius 1 is 1.60 bits per heavy atom. The molecule has 0 spiro atoms. The molecule has 0 saturated carbocycles. The first kappa shape index (κ1) is 10.2. The Morgan fingerprint density at radius 2 is 2.40 bits per heavy atom. The van der Waals surface area contributed by atoms with E-state index in [2.05, 4.69) is 10.5 Å². The van der Waals surface area contributed by atoms with E-state index < -0.39 is 0 Å². The Morgan fingerprint density at radius 3 is 2.93 bits per heavy atom. The highest BCUT2D eigenvalue weighted by atomic mass is 35.5. The van der Waals surface area contributed by atoms with Crippen molar-refractivity contribution in [3.63, 3.8) is 0 Å². The number of aromatic nitrogens is 1. The number of anilines is 1. The summed E-state index contributed by atoms with van der Waals surface area (Å²) >= 11 is 6.93. The molecule has 1 N–H and O–H groups in total. The van der Waals surface area contributed by atoms with Crippen LogP contribution >= 0.6 is 22.9 Å². The van der Waals surface area contributed by atoms with E-state index in [1.54, 1.807) is 25.1 Å². The molecule has 6 heteroatoms. The fourth-order valence-electron chi connectivity index (χ4n) is 1.04. The molecular weight excluding hydrogens is 236 g/mol. The van der Waals surface area contributed by atoms with Crippen LogP contribution in [0.15, 0.2) is 22.7 Å². The molecule has 1 amide bonds. The van der Waals surface area contributed by atoms with Gasteiger partial charge >= 0.3 is 0 Å². The molecule has 0 unspecified atom stereocenters. The van der Waals surface area contributed by atoms with E-state index in [9.17, 15) is 4.79 Å². The molecule has 78 valence electrons. The van der Waals surface area contributed by atoms with Crippen LogP contribution in [0.3, 0.4) is 0 Å². The van der Waals surface area contributed by atoms with E-state index in [0.29, 0.717) is 20.8 Å². The lowest BCUT2D eigenvalue weighted by Gasteiger charge is -1.96. The number of rotatable bonds is 2. The molecule has 0 aromatic carbocycles. The van der Waals surface area contributed by atoms with Gasteiger partial charge in [0, 0.05) is 6.07 Å². The predicted molar refractivity (Wildman–Crippen MR) is 58.5 cm³/mol. The van der Waals surface area contributed by atoms with Crippen LogP contribution in [0, 0.1) is 6.92 Å². The normalized spacial score (nSPS) is 10.3. The Labute approximate surface area is 94.8 Å². The van der Waals surface area contributed by atoms with E-state index in [1.807, 2.05) is 0 Å². The molecule has 2 aromatic heterocycles. The predicted octanol–water partition coefficient (Wildman–Crippen LogP) is 2.95. The lowest BCUT2D eigenvalue weighted by atomic mass is 10.4. The Kier molecular flexibility index (Phi) is 2.75. The second kappa shape index (κ2) is 4.04. The van der Waals surface area contributed by atoms with Crippen LogP contribution in [0.25, 0.3) is 0 Å². The van der Waals surface area contributed by atoms with Gasteiger partial charge in [0.05, 0.1) is 9.21 Å². The molecule has 0 fully saturated rings.